The maximum Gasteiger partial charge on any atom is 0.419 e. The number of nitrogens with zero attached hydrogens (tertiary/aromatic N) is 4. The molecule has 108 valence electrons. The van der Waals surface area contributed by atoms with Gasteiger partial charge in [-0.25, -0.2) is 14.6 Å². The molecule has 20 heavy (non-hydrogen) atoms. The van der Waals surface area contributed by atoms with Crippen LogP contribution in [0.1, 0.15) is 36.8 Å². The van der Waals surface area contributed by atoms with Crippen molar-refractivity contribution in [1.29, 1.82) is 0 Å². The van der Waals surface area contributed by atoms with E-state index in [-0.39, 0.29) is 12.5 Å². The summed E-state index contributed by atoms with van der Waals surface area (Å²) in [6.45, 7) is 3.94. The summed E-state index contributed by atoms with van der Waals surface area (Å²) in [5.74, 6) is 0.704. The summed E-state index contributed by atoms with van der Waals surface area (Å²) < 4.78 is 38.8. The van der Waals surface area contributed by atoms with Crippen LogP contribution in [0.5, 0.6) is 0 Å². The average molecular weight is 285 g/mol. The normalized spacial score (nSPS) is 12.2. The number of halogens is 3. The predicted molar refractivity (Wildman–Crippen MR) is 66.1 cm³/mol. The highest BCUT2D eigenvalue weighted by Gasteiger charge is 2.32. The minimum Gasteiger partial charge on any atom is -0.325 e. The SMILES string of the molecule is CC(C)c1ncc(-n2cc(C(F)(F)F)cn2)c(CN)n1. The Kier molecular flexibility index (Phi) is 3.76. The van der Waals surface area contributed by atoms with Gasteiger partial charge in [-0.3, -0.25) is 0 Å². The zero-order chi connectivity index (χ0) is 14.9. The van der Waals surface area contributed by atoms with Gasteiger partial charge in [0.2, 0.25) is 0 Å². The van der Waals surface area contributed by atoms with E-state index in [1.165, 1.54) is 6.20 Å². The monoisotopic (exact) mass is 285 g/mol. The Balaban J connectivity index is 2.45. The number of nitrogens with two attached hydrogens (primary N) is 1. The Morgan fingerprint density at radius 1 is 1.30 bits per heavy atom. The summed E-state index contributed by atoms with van der Waals surface area (Å²) in [6.07, 6.45) is -1.33. The molecule has 2 aromatic rings. The van der Waals surface area contributed by atoms with Gasteiger partial charge in [0.05, 0.1) is 23.7 Å². The summed E-state index contributed by atoms with van der Waals surface area (Å²) in [7, 11) is 0. The van der Waals surface area contributed by atoms with Crippen LogP contribution in [0.2, 0.25) is 0 Å². The molecule has 0 saturated heterocycles. The second kappa shape index (κ2) is 5.20. The molecule has 2 rings (SSSR count). The smallest absolute Gasteiger partial charge is 0.325 e. The average Bonchev–Trinajstić information content (AvgIpc) is 2.87. The van der Waals surface area contributed by atoms with E-state index >= 15 is 0 Å². The van der Waals surface area contributed by atoms with Crippen molar-refractivity contribution in [1.82, 2.24) is 19.7 Å². The Morgan fingerprint density at radius 2 is 2.00 bits per heavy atom. The Labute approximate surface area is 113 Å². The fourth-order valence-electron chi connectivity index (χ4n) is 1.65. The van der Waals surface area contributed by atoms with Gasteiger partial charge >= 0.3 is 6.18 Å². The molecule has 0 aliphatic heterocycles. The largest absolute Gasteiger partial charge is 0.419 e. The third-order valence-corrected chi connectivity index (χ3v) is 2.73. The molecule has 0 amide bonds. The molecule has 2 N–H and O–H groups in total. The highest BCUT2D eigenvalue weighted by molar-refractivity contribution is 5.34. The molecular weight excluding hydrogens is 271 g/mol. The van der Waals surface area contributed by atoms with Gasteiger partial charge in [0.15, 0.2) is 0 Å². The van der Waals surface area contributed by atoms with E-state index in [4.69, 9.17) is 5.73 Å². The predicted octanol–water partition coefficient (Wildman–Crippen LogP) is 2.26. The van der Waals surface area contributed by atoms with Crippen molar-refractivity contribution in [3.8, 4) is 5.69 Å². The summed E-state index contributed by atoms with van der Waals surface area (Å²) in [5, 5.41) is 3.70. The summed E-state index contributed by atoms with van der Waals surface area (Å²) in [4.78, 5) is 8.39. The number of alkyl halides is 3. The molecule has 0 atom stereocenters. The molecule has 0 aliphatic carbocycles. The second-order valence-corrected chi connectivity index (χ2v) is 4.59. The van der Waals surface area contributed by atoms with Crippen LogP contribution in [0.3, 0.4) is 0 Å². The van der Waals surface area contributed by atoms with Crippen LogP contribution in [0.15, 0.2) is 18.6 Å². The fraction of sp³-hybridized carbons (Fsp3) is 0.417. The van der Waals surface area contributed by atoms with Gasteiger partial charge in [-0.1, -0.05) is 13.8 Å². The molecule has 0 aliphatic rings. The Bertz CT molecular complexity index is 603. The van der Waals surface area contributed by atoms with Crippen LogP contribution >= 0.6 is 0 Å². The molecule has 0 fully saturated rings. The summed E-state index contributed by atoms with van der Waals surface area (Å²) in [6, 6.07) is 0. The molecule has 2 aromatic heterocycles. The lowest BCUT2D eigenvalue weighted by Crippen LogP contribution is -2.11. The lowest BCUT2D eigenvalue weighted by Gasteiger charge is -2.10. The quantitative estimate of drug-likeness (QED) is 0.939. The topological polar surface area (TPSA) is 69.6 Å². The molecule has 0 spiro atoms. The van der Waals surface area contributed by atoms with Gasteiger partial charge in [0.25, 0.3) is 0 Å². The highest BCUT2D eigenvalue weighted by Crippen LogP contribution is 2.29. The summed E-state index contributed by atoms with van der Waals surface area (Å²) in [5.41, 5.74) is 5.58. The summed E-state index contributed by atoms with van der Waals surface area (Å²) >= 11 is 0. The molecule has 0 aromatic carbocycles. The number of aromatic nitrogens is 4. The Hall–Kier alpha value is -1.96. The first-order chi connectivity index (χ1) is 9.32. The van der Waals surface area contributed by atoms with E-state index < -0.39 is 11.7 Å². The lowest BCUT2D eigenvalue weighted by molar-refractivity contribution is -0.137. The van der Waals surface area contributed by atoms with Gasteiger partial charge < -0.3 is 5.73 Å². The van der Waals surface area contributed by atoms with E-state index in [1.807, 2.05) is 13.8 Å². The van der Waals surface area contributed by atoms with Crippen LogP contribution in [-0.2, 0) is 12.7 Å². The molecule has 0 bridgehead atoms. The zero-order valence-electron chi connectivity index (χ0n) is 11.0. The first-order valence-corrected chi connectivity index (χ1v) is 6.01. The van der Waals surface area contributed by atoms with Crippen molar-refractivity contribution < 1.29 is 13.2 Å². The molecule has 0 radical (unpaired) electrons. The number of rotatable bonds is 3. The standard InChI is InChI=1S/C12H14F3N5/c1-7(2)11-17-5-10(9(3-16)19-11)20-6-8(4-18-20)12(13,14)15/h4-7H,3,16H2,1-2H3. The third-order valence-electron chi connectivity index (χ3n) is 2.73. The number of hydrogen-bond donors (Lipinski definition) is 1. The van der Waals surface area contributed by atoms with Crippen LogP contribution in [0.25, 0.3) is 5.69 Å². The molecule has 5 nitrogen and oxygen atoms in total. The Morgan fingerprint density at radius 3 is 2.50 bits per heavy atom. The van der Waals surface area contributed by atoms with E-state index in [0.717, 1.165) is 17.1 Å². The third kappa shape index (κ3) is 2.79. The van der Waals surface area contributed by atoms with E-state index in [2.05, 4.69) is 15.1 Å². The van der Waals surface area contributed by atoms with Crippen molar-refractivity contribution in [2.75, 3.05) is 0 Å². The van der Waals surface area contributed by atoms with Crippen LogP contribution in [-0.4, -0.2) is 19.7 Å². The van der Waals surface area contributed by atoms with Crippen molar-refractivity contribution in [3.63, 3.8) is 0 Å². The minimum atomic E-state index is -4.43. The maximum atomic E-state index is 12.6. The highest BCUT2D eigenvalue weighted by atomic mass is 19.4. The zero-order valence-corrected chi connectivity index (χ0v) is 11.0. The molecular formula is C12H14F3N5. The molecule has 2 heterocycles. The lowest BCUT2D eigenvalue weighted by atomic mass is 10.2. The van der Waals surface area contributed by atoms with Gasteiger partial charge in [-0.15, -0.1) is 0 Å². The molecule has 8 heteroatoms. The van der Waals surface area contributed by atoms with Gasteiger partial charge in [-0.2, -0.15) is 18.3 Å². The first kappa shape index (κ1) is 14.4. The maximum absolute atomic E-state index is 12.6. The van der Waals surface area contributed by atoms with Crippen molar-refractivity contribution >= 4 is 0 Å². The van der Waals surface area contributed by atoms with Gasteiger partial charge in [0.1, 0.15) is 11.5 Å². The van der Waals surface area contributed by atoms with Crippen LogP contribution < -0.4 is 5.73 Å². The van der Waals surface area contributed by atoms with E-state index in [0.29, 0.717) is 17.2 Å². The molecule has 0 unspecified atom stereocenters. The van der Waals surface area contributed by atoms with Gasteiger partial charge in [-0.05, 0) is 0 Å². The van der Waals surface area contributed by atoms with Crippen LogP contribution in [0, 0.1) is 0 Å². The number of hydrogen-bond acceptors (Lipinski definition) is 4. The minimum absolute atomic E-state index is 0.0960. The second-order valence-electron chi connectivity index (χ2n) is 4.59. The van der Waals surface area contributed by atoms with E-state index in [9.17, 15) is 13.2 Å². The molecule has 0 saturated carbocycles. The first-order valence-electron chi connectivity index (χ1n) is 6.01. The van der Waals surface area contributed by atoms with E-state index in [1.54, 1.807) is 0 Å². The van der Waals surface area contributed by atoms with Gasteiger partial charge in [0, 0.05) is 18.7 Å². The fourth-order valence-corrected chi connectivity index (χ4v) is 1.65. The van der Waals surface area contributed by atoms with Crippen molar-refractivity contribution in [2.45, 2.75) is 32.5 Å². The van der Waals surface area contributed by atoms with Crippen molar-refractivity contribution in [3.05, 3.63) is 35.7 Å². The van der Waals surface area contributed by atoms with Crippen molar-refractivity contribution in [2.24, 2.45) is 5.73 Å². The van der Waals surface area contributed by atoms with Crippen LogP contribution in [0.4, 0.5) is 13.2 Å².